The van der Waals surface area contributed by atoms with E-state index in [1.807, 2.05) is 30.4 Å². The van der Waals surface area contributed by atoms with E-state index in [9.17, 15) is 4.79 Å². The van der Waals surface area contributed by atoms with Crippen LogP contribution in [0.25, 0.3) is 11.0 Å². The lowest BCUT2D eigenvalue weighted by molar-refractivity contribution is 0.104. The first-order chi connectivity index (χ1) is 10.2. The zero-order valence-corrected chi connectivity index (χ0v) is 12.0. The van der Waals surface area contributed by atoms with Crippen molar-refractivity contribution in [1.29, 1.82) is 0 Å². The van der Waals surface area contributed by atoms with E-state index < -0.39 is 0 Å². The molecule has 21 heavy (non-hydrogen) atoms. The molecule has 0 aliphatic rings. The van der Waals surface area contributed by atoms with Gasteiger partial charge in [-0.3, -0.25) is 4.79 Å². The molecule has 0 bridgehead atoms. The fraction of sp³-hybridized carbons (Fsp3) is 0.176. The number of allylic oxidation sites excluding steroid dienone is 4. The number of nitrogens with zero attached hydrogens (tertiary/aromatic N) is 1. The molecule has 2 rings (SSSR count). The summed E-state index contributed by atoms with van der Waals surface area (Å²) in [4.78, 5) is 19.5. The molecular weight excluding hydrogens is 264 g/mol. The highest BCUT2D eigenvalue weighted by molar-refractivity contribution is 6.16. The summed E-state index contributed by atoms with van der Waals surface area (Å²) in [6, 6.07) is 3.68. The molecule has 2 aromatic rings. The van der Waals surface area contributed by atoms with Crippen LogP contribution >= 0.6 is 0 Å². The smallest absolute Gasteiger partial charge is 0.194 e. The van der Waals surface area contributed by atoms with E-state index in [1.54, 1.807) is 25.6 Å². The molecule has 0 saturated heterocycles. The Morgan fingerprint density at radius 1 is 1.43 bits per heavy atom. The number of rotatable bonds is 7. The number of aromatic nitrogens is 2. The van der Waals surface area contributed by atoms with Crippen molar-refractivity contribution >= 4 is 16.8 Å². The summed E-state index contributed by atoms with van der Waals surface area (Å²) in [6.45, 7) is 4.43. The number of carbonyl (C=O) groups excluding carboxylic acids is 1. The highest BCUT2D eigenvalue weighted by Gasteiger charge is 2.13. The van der Waals surface area contributed by atoms with E-state index in [-0.39, 0.29) is 5.78 Å². The number of Topliss-reactive ketones (excluding diaryl/α,β-unsaturated/α-hetero) is 1. The van der Waals surface area contributed by atoms with Crippen LogP contribution in [-0.2, 0) is 4.74 Å². The van der Waals surface area contributed by atoms with Gasteiger partial charge in [0.15, 0.2) is 5.78 Å². The normalized spacial score (nSPS) is 11.7. The van der Waals surface area contributed by atoms with Crippen LogP contribution in [0.15, 0.2) is 61.0 Å². The van der Waals surface area contributed by atoms with Crippen LogP contribution in [0.2, 0.25) is 0 Å². The van der Waals surface area contributed by atoms with E-state index >= 15 is 0 Å². The van der Waals surface area contributed by atoms with Gasteiger partial charge >= 0.3 is 0 Å². The van der Waals surface area contributed by atoms with Crippen molar-refractivity contribution < 1.29 is 9.53 Å². The summed E-state index contributed by atoms with van der Waals surface area (Å²) in [5.74, 6) is -0.0913. The molecule has 0 radical (unpaired) electrons. The predicted octanol–water partition coefficient (Wildman–Crippen LogP) is 3.45. The second-order valence-corrected chi connectivity index (χ2v) is 4.52. The van der Waals surface area contributed by atoms with Crippen LogP contribution in [0, 0.1) is 0 Å². The molecule has 0 aliphatic heterocycles. The van der Waals surface area contributed by atoms with E-state index in [0.717, 1.165) is 11.8 Å². The molecule has 2 aromatic heterocycles. The maximum atomic E-state index is 12.3. The van der Waals surface area contributed by atoms with Crippen molar-refractivity contribution in [3.8, 4) is 0 Å². The summed E-state index contributed by atoms with van der Waals surface area (Å²) >= 11 is 0. The summed E-state index contributed by atoms with van der Waals surface area (Å²) < 4.78 is 4.91. The van der Waals surface area contributed by atoms with Crippen molar-refractivity contribution in [2.45, 2.75) is 6.42 Å². The Balaban J connectivity index is 2.03. The number of ether oxygens (including phenoxy) is 1. The molecule has 0 fully saturated rings. The van der Waals surface area contributed by atoms with Gasteiger partial charge in [0, 0.05) is 36.0 Å². The minimum atomic E-state index is -0.0913. The van der Waals surface area contributed by atoms with Gasteiger partial charge < -0.3 is 9.72 Å². The summed E-state index contributed by atoms with van der Waals surface area (Å²) in [6.07, 6.45) is 11.7. The molecule has 0 amide bonds. The topological polar surface area (TPSA) is 55.0 Å². The summed E-state index contributed by atoms with van der Waals surface area (Å²) in [5, 5.41) is 0.817. The number of pyridine rings is 1. The van der Waals surface area contributed by atoms with Gasteiger partial charge in [-0.1, -0.05) is 30.9 Å². The predicted molar refractivity (Wildman–Crippen MR) is 84.3 cm³/mol. The first kappa shape index (κ1) is 14.9. The molecule has 2 heterocycles. The zero-order chi connectivity index (χ0) is 15.1. The monoisotopic (exact) mass is 282 g/mol. The van der Waals surface area contributed by atoms with Gasteiger partial charge in [0.1, 0.15) is 5.65 Å². The Kier molecular flexibility index (Phi) is 5.23. The number of nitrogens with one attached hydrogen (secondary N) is 1. The Labute approximate surface area is 123 Å². The number of hydrogen-bond acceptors (Lipinski definition) is 3. The largest absolute Gasteiger partial charge is 0.381 e. The number of ketones is 1. The van der Waals surface area contributed by atoms with Crippen molar-refractivity contribution in [1.82, 2.24) is 9.97 Å². The molecule has 4 heteroatoms. The first-order valence-corrected chi connectivity index (χ1v) is 6.70. The number of hydrogen-bond donors (Lipinski definition) is 1. The third-order valence-corrected chi connectivity index (χ3v) is 3.01. The van der Waals surface area contributed by atoms with Crippen LogP contribution < -0.4 is 0 Å². The second kappa shape index (κ2) is 7.36. The SMILES string of the molecule is C=C(/C=C\C/C=C\COC)C(=O)c1c[nH]c2ncccc12. The maximum absolute atomic E-state index is 12.3. The van der Waals surface area contributed by atoms with Crippen molar-refractivity contribution in [3.63, 3.8) is 0 Å². The highest BCUT2D eigenvalue weighted by Crippen LogP contribution is 2.19. The van der Waals surface area contributed by atoms with Gasteiger partial charge in [0.25, 0.3) is 0 Å². The Morgan fingerprint density at radius 3 is 3.10 bits per heavy atom. The second-order valence-electron chi connectivity index (χ2n) is 4.52. The Hall–Kier alpha value is -2.46. The van der Waals surface area contributed by atoms with Gasteiger partial charge in [0.05, 0.1) is 6.61 Å². The van der Waals surface area contributed by atoms with Crippen LogP contribution in [0.5, 0.6) is 0 Å². The van der Waals surface area contributed by atoms with E-state index in [1.165, 1.54) is 0 Å². The fourth-order valence-electron chi connectivity index (χ4n) is 1.94. The fourth-order valence-corrected chi connectivity index (χ4v) is 1.94. The standard InChI is InChI=1S/C17H18N2O2/c1-13(8-5-3-4-6-11-21-2)16(20)15-12-19-17-14(15)9-7-10-18-17/h4-10,12H,1,3,11H2,2H3,(H,18,19)/b6-4-,8-5-. The average molecular weight is 282 g/mol. The number of H-pyrrole nitrogens is 1. The zero-order valence-electron chi connectivity index (χ0n) is 12.0. The molecule has 0 spiro atoms. The summed E-state index contributed by atoms with van der Waals surface area (Å²) in [5.41, 5.74) is 1.77. The summed E-state index contributed by atoms with van der Waals surface area (Å²) in [7, 11) is 1.65. The molecule has 0 atom stereocenters. The third-order valence-electron chi connectivity index (χ3n) is 3.01. The third kappa shape index (κ3) is 3.77. The van der Waals surface area contributed by atoms with E-state index in [4.69, 9.17) is 4.74 Å². The van der Waals surface area contributed by atoms with Crippen LogP contribution in [0.1, 0.15) is 16.8 Å². The first-order valence-electron chi connectivity index (χ1n) is 6.70. The van der Waals surface area contributed by atoms with Gasteiger partial charge in [0.2, 0.25) is 0 Å². The number of aromatic amines is 1. The van der Waals surface area contributed by atoms with E-state index in [0.29, 0.717) is 23.4 Å². The maximum Gasteiger partial charge on any atom is 0.194 e. The quantitative estimate of drug-likeness (QED) is 0.366. The number of carbonyl (C=O) groups is 1. The Morgan fingerprint density at radius 2 is 2.29 bits per heavy atom. The molecule has 4 nitrogen and oxygen atoms in total. The van der Waals surface area contributed by atoms with Crippen molar-refractivity contribution in [3.05, 3.63) is 66.5 Å². The number of fused-ring (bicyclic) bond motifs is 1. The lowest BCUT2D eigenvalue weighted by Crippen LogP contribution is -1.99. The highest BCUT2D eigenvalue weighted by atomic mass is 16.5. The van der Waals surface area contributed by atoms with Crippen molar-refractivity contribution in [2.24, 2.45) is 0 Å². The van der Waals surface area contributed by atoms with Gasteiger partial charge in [-0.2, -0.15) is 0 Å². The molecule has 0 aliphatic carbocycles. The number of methoxy groups -OCH3 is 1. The minimum Gasteiger partial charge on any atom is -0.381 e. The Bertz CT molecular complexity index is 696. The molecule has 0 unspecified atom stereocenters. The minimum absolute atomic E-state index is 0.0913. The van der Waals surface area contributed by atoms with Gasteiger partial charge in [-0.15, -0.1) is 0 Å². The van der Waals surface area contributed by atoms with Crippen molar-refractivity contribution in [2.75, 3.05) is 13.7 Å². The lowest BCUT2D eigenvalue weighted by atomic mass is 10.0. The van der Waals surface area contributed by atoms with Crippen LogP contribution in [-0.4, -0.2) is 29.5 Å². The molecular formula is C17H18N2O2. The molecule has 1 N–H and O–H groups in total. The van der Waals surface area contributed by atoms with E-state index in [2.05, 4.69) is 16.5 Å². The molecule has 108 valence electrons. The molecule has 0 saturated carbocycles. The average Bonchev–Trinajstić information content (AvgIpc) is 2.93. The van der Waals surface area contributed by atoms with Crippen LogP contribution in [0.3, 0.4) is 0 Å². The molecule has 0 aromatic carbocycles. The van der Waals surface area contributed by atoms with Gasteiger partial charge in [-0.05, 0) is 18.6 Å². The van der Waals surface area contributed by atoms with Crippen LogP contribution in [0.4, 0.5) is 0 Å². The van der Waals surface area contributed by atoms with Gasteiger partial charge in [-0.25, -0.2) is 4.98 Å². The lowest BCUT2D eigenvalue weighted by Gasteiger charge is -1.98.